The summed E-state index contributed by atoms with van der Waals surface area (Å²) in [6, 6.07) is 19.4. The monoisotopic (exact) mass is 441 g/mol. The van der Waals surface area contributed by atoms with Gasteiger partial charge in [-0.25, -0.2) is 10.5 Å². The molecule has 2 heterocycles. The van der Waals surface area contributed by atoms with Gasteiger partial charge in [0.1, 0.15) is 5.82 Å². The van der Waals surface area contributed by atoms with Gasteiger partial charge in [-0.1, -0.05) is 25.1 Å². The van der Waals surface area contributed by atoms with E-state index in [1.54, 1.807) is 12.3 Å². The quantitative estimate of drug-likeness (QED) is 0.266. The number of hydroxylamine groups is 1. The highest BCUT2D eigenvalue weighted by atomic mass is 16.6. The highest BCUT2D eigenvalue weighted by Crippen LogP contribution is 2.26. The van der Waals surface area contributed by atoms with Crippen molar-refractivity contribution in [3.05, 3.63) is 83.6 Å². The Kier molecular flexibility index (Phi) is 6.80. The highest BCUT2D eigenvalue weighted by molar-refractivity contribution is 5.95. The number of nitrogens with two attached hydrogens (primary N) is 1. The number of anilines is 2. The first-order valence-corrected chi connectivity index (χ1v) is 10.9. The zero-order chi connectivity index (χ0) is 23.2. The van der Waals surface area contributed by atoms with Crippen LogP contribution in [0.2, 0.25) is 0 Å². The van der Waals surface area contributed by atoms with Crippen molar-refractivity contribution in [1.82, 2.24) is 15.4 Å². The summed E-state index contributed by atoms with van der Waals surface area (Å²) >= 11 is 0. The average Bonchev–Trinajstić information content (AvgIpc) is 2.83. The Morgan fingerprint density at radius 2 is 1.97 bits per heavy atom. The van der Waals surface area contributed by atoms with Gasteiger partial charge in [-0.2, -0.15) is 0 Å². The van der Waals surface area contributed by atoms with E-state index in [9.17, 15) is 4.79 Å². The lowest BCUT2D eigenvalue weighted by Gasteiger charge is -2.12. The Labute approximate surface area is 193 Å². The van der Waals surface area contributed by atoms with Crippen molar-refractivity contribution in [2.24, 2.45) is 0 Å². The first kappa shape index (κ1) is 22.2. The summed E-state index contributed by atoms with van der Waals surface area (Å²) < 4.78 is 0. The Balaban J connectivity index is 1.50. The van der Waals surface area contributed by atoms with Crippen LogP contribution in [0.15, 0.2) is 66.9 Å². The topological polar surface area (TPSA) is 102 Å². The van der Waals surface area contributed by atoms with Crippen molar-refractivity contribution in [1.29, 1.82) is 0 Å². The molecule has 7 heteroatoms. The first-order chi connectivity index (χ1) is 16.0. The van der Waals surface area contributed by atoms with Crippen molar-refractivity contribution in [2.45, 2.75) is 26.8 Å². The minimum atomic E-state index is -0.259. The van der Waals surface area contributed by atoms with E-state index in [1.807, 2.05) is 62.4 Å². The van der Waals surface area contributed by atoms with Crippen LogP contribution in [0.3, 0.4) is 0 Å². The molecule has 2 aromatic heterocycles. The van der Waals surface area contributed by atoms with Crippen molar-refractivity contribution < 1.29 is 9.63 Å². The van der Waals surface area contributed by atoms with Crippen molar-refractivity contribution >= 4 is 28.3 Å². The molecule has 0 saturated heterocycles. The fourth-order valence-electron chi connectivity index (χ4n) is 3.54. The summed E-state index contributed by atoms with van der Waals surface area (Å²) in [6.45, 7) is 4.93. The molecule has 4 aromatic rings. The number of aryl methyl sites for hydroxylation is 1. The van der Waals surface area contributed by atoms with Crippen LogP contribution >= 0.6 is 0 Å². The Morgan fingerprint density at radius 1 is 1.09 bits per heavy atom. The molecule has 0 fully saturated rings. The summed E-state index contributed by atoms with van der Waals surface area (Å²) in [5.74, 6) is 0.358. The van der Waals surface area contributed by atoms with Crippen LogP contribution in [-0.4, -0.2) is 22.5 Å². The smallest absolute Gasteiger partial charge is 0.275 e. The number of rotatable bonds is 8. The highest BCUT2D eigenvalue weighted by Gasteiger charge is 2.12. The molecule has 0 bridgehead atoms. The van der Waals surface area contributed by atoms with Gasteiger partial charge < -0.3 is 11.1 Å². The molecule has 4 N–H and O–H groups in total. The number of hydrogen-bond acceptors (Lipinski definition) is 6. The van der Waals surface area contributed by atoms with Gasteiger partial charge in [0.15, 0.2) is 0 Å². The molecule has 0 saturated carbocycles. The predicted octanol–water partition coefficient (Wildman–Crippen LogP) is 4.87. The van der Waals surface area contributed by atoms with Crippen LogP contribution in [0, 0.1) is 6.92 Å². The molecular formula is C26H27N5O2. The van der Waals surface area contributed by atoms with Crippen LogP contribution in [0.1, 0.15) is 34.8 Å². The fraction of sp³-hybridized carbons (Fsp3) is 0.192. The number of carbonyl (C=O) groups is 1. The maximum atomic E-state index is 12.3. The number of nitrogens with zero attached hydrogens (tertiary/aromatic N) is 2. The van der Waals surface area contributed by atoms with E-state index < -0.39 is 0 Å². The summed E-state index contributed by atoms with van der Waals surface area (Å²) in [5.41, 5.74) is 14.4. The average molecular weight is 442 g/mol. The van der Waals surface area contributed by atoms with E-state index in [4.69, 9.17) is 15.6 Å². The third-order valence-corrected chi connectivity index (χ3v) is 5.29. The number of carbonyl (C=O) groups excluding carboxylic acids is 1. The molecule has 0 spiro atoms. The number of fused-ring (bicyclic) bond motifs is 1. The number of hydrogen-bond donors (Lipinski definition) is 3. The largest absolute Gasteiger partial charge is 0.396 e. The van der Waals surface area contributed by atoms with E-state index in [-0.39, 0.29) is 5.91 Å². The zero-order valence-electron chi connectivity index (χ0n) is 18.8. The summed E-state index contributed by atoms with van der Waals surface area (Å²) in [7, 11) is 0. The second-order valence-corrected chi connectivity index (χ2v) is 7.83. The molecule has 0 aliphatic rings. The summed E-state index contributed by atoms with van der Waals surface area (Å²) in [5, 5.41) is 4.43. The number of benzene rings is 2. The van der Waals surface area contributed by atoms with Crippen molar-refractivity contribution in [3.8, 4) is 11.3 Å². The van der Waals surface area contributed by atoms with Gasteiger partial charge in [0.2, 0.25) is 0 Å². The lowest BCUT2D eigenvalue weighted by Crippen LogP contribution is -2.24. The van der Waals surface area contributed by atoms with Gasteiger partial charge in [0.05, 0.1) is 23.5 Å². The molecule has 7 nitrogen and oxygen atoms in total. The summed E-state index contributed by atoms with van der Waals surface area (Å²) in [4.78, 5) is 26.5. The third-order valence-electron chi connectivity index (χ3n) is 5.29. The Morgan fingerprint density at radius 3 is 2.79 bits per heavy atom. The van der Waals surface area contributed by atoms with Crippen LogP contribution in [-0.2, 0) is 11.4 Å². The maximum absolute atomic E-state index is 12.3. The molecule has 0 aliphatic heterocycles. The number of nitrogens with one attached hydrogen (secondary N) is 2. The lowest BCUT2D eigenvalue weighted by molar-refractivity contribution is 0.0314. The molecule has 1 amide bonds. The number of pyridine rings is 2. The molecule has 0 aliphatic carbocycles. The molecule has 0 radical (unpaired) electrons. The molecule has 4 rings (SSSR count). The van der Waals surface area contributed by atoms with Crippen LogP contribution < -0.4 is 16.5 Å². The Bertz CT molecular complexity index is 1290. The molecule has 0 unspecified atom stereocenters. The normalized spacial score (nSPS) is 10.8. The van der Waals surface area contributed by atoms with Gasteiger partial charge in [-0.15, -0.1) is 0 Å². The predicted molar refractivity (Wildman–Crippen MR) is 132 cm³/mol. The van der Waals surface area contributed by atoms with E-state index in [0.717, 1.165) is 39.7 Å². The number of amides is 1. The molecular weight excluding hydrogens is 414 g/mol. The fourth-order valence-corrected chi connectivity index (χ4v) is 3.54. The minimum Gasteiger partial charge on any atom is -0.396 e. The van der Waals surface area contributed by atoms with E-state index in [2.05, 4.69) is 21.8 Å². The van der Waals surface area contributed by atoms with Gasteiger partial charge in [0.25, 0.3) is 5.91 Å². The van der Waals surface area contributed by atoms with Gasteiger partial charge in [-0.3, -0.25) is 14.6 Å². The van der Waals surface area contributed by atoms with Crippen LogP contribution in [0.25, 0.3) is 22.2 Å². The molecule has 168 valence electrons. The Hall–Kier alpha value is -3.97. The third kappa shape index (κ3) is 5.27. The molecule has 0 atom stereocenters. The van der Waals surface area contributed by atoms with Crippen molar-refractivity contribution in [3.63, 3.8) is 0 Å². The standard InChI is InChI=1S/C26H27N5O2/c1-3-13-33-31-26(32)21-8-7-20(14-17(21)2)24-11-9-22(27)25(30-24)29-16-18-6-10-23-19(15-18)5-4-12-28-23/h4-12,14-15H,3,13,16,27H2,1-2H3,(H,29,30)(H,31,32). The van der Waals surface area contributed by atoms with Gasteiger partial charge in [0, 0.05) is 29.3 Å². The first-order valence-electron chi connectivity index (χ1n) is 10.9. The number of aromatic nitrogens is 2. The zero-order valence-corrected chi connectivity index (χ0v) is 18.8. The van der Waals surface area contributed by atoms with Crippen molar-refractivity contribution in [2.75, 3.05) is 17.7 Å². The SMILES string of the molecule is CCCONC(=O)c1ccc(-c2ccc(N)c(NCc3ccc4ncccc4c3)n2)cc1C. The van der Waals surface area contributed by atoms with E-state index in [0.29, 0.717) is 30.2 Å². The lowest BCUT2D eigenvalue weighted by atomic mass is 10.0. The van der Waals surface area contributed by atoms with Gasteiger partial charge in [-0.05, 0) is 66.9 Å². The summed E-state index contributed by atoms with van der Waals surface area (Å²) in [6.07, 6.45) is 2.62. The van der Waals surface area contributed by atoms with E-state index in [1.165, 1.54) is 0 Å². The van der Waals surface area contributed by atoms with E-state index >= 15 is 0 Å². The van der Waals surface area contributed by atoms with Crippen LogP contribution in [0.4, 0.5) is 11.5 Å². The second kappa shape index (κ2) is 10.1. The van der Waals surface area contributed by atoms with Gasteiger partial charge >= 0.3 is 0 Å². The second-order valence-electron chi connectivity index (χ2n) is 7.83. The van der Waals surface area contributed by atoms with Crippen LogP contribution in [0.5, 0.6) is 0 Å². The molecule has 33 heavy (non-hydrogen) atoms. The maximum Gasteiger partial charge on any atom is 0.275 e. The molecule has 2 aromatic carbocycles. The number of nitrogen functional groups attached to an aromatic ring is 1. The minimum absolute atomic E-state index is 0.259.